The summed E-state index contributed by atoms with van der Waals surface area (Å²) in [6.07, 6.45) is -9.56. The van der Waals surface area contributed by atoms with Crippen LogP contribution in [0.15, 0.2) is 6.07 Å². The molecule has 1 aromatic heterocycles. The molecule has 0 saturated heterocycles. The second-order valence-corrected chi connectivity index (χ2v) is 3.27. The highest BCUT2D eigenvalue weighted by Crippen LogP contribution is 2.36. The molecule has 0 bridgehead atoms. The van der Waals surface area contributed by atoms with Crippen LogP contribution in [0.25, 0.3) is 0 Å². The summed E-state index contributed by atoms with van der Waals surface area (Å²) >= 11 is 0. The molecule has 0 amide bonds. The van der Waals surface area contributed by atoms with Crippen LogP contribution in [0.2, 0.25) is 0 Å². The van der Waals surface area contributed by atoms with Crippen molar-refractivity contribution in [3.63, 3.8) is 0 Å². The number of carboxylic acids is 1. The Morgan fingerprint density at radius 2 is 1.94 bits per heavy atom. The van der Waals surface area contributed by atoms with Crippen LogP contribution in [-0.2, 0) is 17.4 Å². The number of alkyl halides is 5. The average molecular weight is 271 g/mol. The van der Waals surface area contributed by atoms with Gasteiger partial charge in [-0.2, -0.15) is 13.2 Å². The van der Waals surface area contributed by atoms with E-state index in [4.69, 9.17) is 10.2 Å². The fourth-order valence-electron chi connectivity index (χ4n) is 1.26. The van der Waals surface area contributed by atoms with E-state index >= 15 is 0 Å². The van der Waals surface area contributed by atoms with Crippen LogP contribution in [0.4, 0.5) is 22.0 Å². The van der Waals surface area contributed by atoms with Gasteiger partial charge in [0.1, 0.15) is 17.1 Å². The lowest BCUT2D eigenvalue weighted by Crippen LogP contribution is -2.16. The molecule has 0 aromatic carbocycles. The maximum absolute atomic E-state index is 12.5. The predicted molar refractivity (Wildman–Crippen MR) is 47.2 cm³/mol. The molecule has 0 aliphatic heterocycles. The van der Waals surface area contributed by atoms with Crippen molar-refractivity contribution in [2.45, 2.75) is 19.0 Å². The van der Waals surface area contributed by atoms with Crippen molar-refractivity contribution >= 4 is 5.97 Å². The summed E-state index contributed by atoms with van der Waals surface area (Å²) in [4.78, 5) is 13.0. The van der Waals surface area contributed by atoms with Gasteiger partial charge in [-0.3, -0.25) is 4.79 Å². The van der Waals surface area contributed by atoms with Crippen LogP contribution < -0.4 is 0 Å². The molecule has 4 nitrogen and oxygen atoms in total. The summed E-state index contributed by atoms with van der Waals surface area (Å²) in [6, 6.07) is 0.339. The summed E-state index contributed by atoms with van der Waals surface area (Å²) in [5, 5.41) is 17.5. The lowest BCUT2D eigenvalue weighted by Gasteiger charge is -2.13. The average Bonchev–Trinajstić information content (AvgIpc) is 2.13. The first-order chi connectivity index (χ1) is 8.12. The molecule has 1 heterocycles. The van der Waals surface area contributed by atoms with E-state index in [0.29, 0.717) is 6.07 Å². The SMILES string of the molecule is O=C(O)Cc1cc(O)c(C(F)F)nc1C(F)(F)F. The van der Waals surface area contributed by atoms with Crippen molar-refractivity contribution in [1.29, 1.82) is 0 Å². The third kappa shape index (κ3) is 3.05. The third-order valence-electron chi connectivity index (χ3n) is 1.93. The smallest absolute Gasteiger partial charge is 0.433 e. The van der Waals surface area contributed by atoms with Gasteiger partial charge in [0.15, 0.2) is 0 Å². The summed E-state index contributed by atoms with van der Waals surface area (Å²) in [6.45, 7) is 0. The van der Waals surface area contributed by atoms with Crippen LogP contribution in [0, 0.1) is 0 Å². The first kappa shape index (κ1) is 14.1. The van der Waals surface area contributed by atoms with Crippen LogP contribution in [0.3, 0.4) is 0 Å². The van der Waals surface area contributed by atoms with E-state index in [1.54, 1.807) is 0 Å². The first-order valence-electron chi connectivity index (χ1n) is 4.43. The van der Waals surface area contributed by atoms with Crippen molar-refractivity contribution in [3.05, 3.63) is 23.0 Å². The second kappa shape index (κ2) is 4.75. The zero-order valence-electron chi connectivity index (χ0n) is 8.50. The molecular formula is C9H6F5NO3. The van der Waals surface area contributed by atoms with Crippen molar-refractivity contribution in [1.82, 2.24) is 4.98 Å². The Labute approximate surface area is 96.7 Å². The lowest BCUT2D eigenvalue weighted by atomic mass is 10.1. The number of hydrogen-bond acceptors (Lipinski definition) is 3. The summed E-state index contributed by atoms with van der Waals surface area (Å²) < 4.78 is 62.0. The van der Waals surface area contributed by atoms with Gasteiger partial charge in [-0.15, -0.1) is 0 Å². The Kier molecular flexibility index (Phi) is 3.73. The summed E-state index contributed by atoms with van der Waals surface area (Å²) in [7, 11) is 0. The largest absolute Gasteiger partial charge is 0.506 e. The molecule has 0 fully saturated rings. The van der Waals surface area contributed by atoms with Crippen molar-refractivity contribution in [2.24, 2.45) is 0 Å². The number of pyridine rings is 1. The minimum Gasteiger partial charge on any atom is -0.506 e. The van der Waals surface area contributed by atoms with Crippen LogP contribution >= 0.6 is 0 Å². The number of aromatic hydroxyl groups is 1. The number of aliphatic carboxylic acids is 1. The molecule has 1 rings (SSSR count). The topological polar surface area (TPSA) is 70.4 Å². The highest BCUT2D eigenvalue weighted by atomic mass is 19.4. The lowest BCUT2D eigenvalue weighted by molar-refractivity contribution is -0.142. The quantitative estimate of drug-likeness (QED) is 0.828. The summed E-state index contributed by atoms with van der Waals surface area (Å²) in [5.74, 6) is -2.78. The number of nitrogens with zero attached hydrogens (tertiary/aromatic N) is 1. The predicted octanol–water partition coefficient (Wildman–Crippen LogP) is 2.37. The van der Waals surface area contributed by atoms with Gasteiger partial charge in [-0.25, -0.2) is 13.8 Å². The minimum absolute atomic E-state index is 0.339. The van der Waals surface area contributed by atoms with E-state index in [0.717, 1.165) is 0 Å². The third-order valence-corrected chi connectivity index (χ3v) is 1.93. The molecule has 0 radical (unpaired) electrons. The van der Waals surface area contributed by atoms with E-state index in [9.17, 15) is 26.7 Å². The number of halogens is 5. The van der Waals surface area contributed by atoms with Gasteiger partial charge in [-0.05, 0) is 11.6 Å². The van der Waals surface area contributed by atoms with E-state index in [1.807, 2.05) is 0 Å². The molecule has 1 aromatic rings. The first-order valence-corrected chi connectivity index (χ1v) is 4.43. The Bertz CT molecular complexity index is 472. The van der Waals surface area contributed by atoms with Gasteiger partial charge >= 0.3 is 12.1 Å². The van der Waals surface area contributed by atoms with E-state index in [-0.39, 0.29) is 0 Å². The zero-order chi connectivity index (χ0) is 14.1. The van der Waals surface area contributed by atoms with Gasteiger partial charge in [-0.1, -0.05) is 0 Å². The minimum atomic E-state index is -5.08. The molecular weight excluding hydrogens is 265 g/mol. The number of carboxylic acid groups (broad SMARTS) is 1. The maximum Gasteiger partial charge on any atom is 0.433 e. The molecule has 0 spiro atoms. The van der Waals surface area contributed by atoms with Gasteiger partial charge in [0.25, 0.3) is 6.43 Å². The maximum atomic E-state index is 12.5. The van der Waals surface area contributed by atoms with Gasteiger partial charge in [0.05, 0.1) is 6.42 Å². The fourth-order valence-corrected chi connectivity index (χ4v) is 1.26. The fraction of sp³-hybridized carbons (Fsp3) is 0.333. The molecule has 18 heavy (non-hydrogen) atoms. The second-order valence-electron chi connectivity index (χ2n) is 3.27. The van der Waals surface area contributed by atoms with Crippen LogP contribution in [0.1, 0.15) is 23.4 Å². The number of carbonyl (C=O) groups is 1. The van der Waals surface area contributed by atoms with Gasteiger partial charge < -0.3 is 10.2 Å². The number of rotatable bonds is 3. The van der Waals surface area contributed by atoms with E-state index < -0.39 is 47.7 Å². The highest BCUT2D eigenvalue weighted by molar-refractivity contribution is 5.71. The highest BCUT2D eigenvalue weighted by Gasteiger charge is 2.37. The monoisotopic (exact) mass is 271 g/mol. The standard InChI is InChI=1S/C9H6F5NO3/c10-8(11)6-4(16)1-3(2-5(17)18)7(15-6)9(12,13)14/h1,8,16H,2H2,(H,17,18). The molecule has 0 aliphatic carbocycles. The van der Waals surface area contributed by atoms with Crippen molar-refractivity contribution in [2.75, 3.05) is 0 Å². The van der Waals surface area contributed by atoms with Crippen LogP contribution in [0.5, 0.6) is 5.75 Å². The van der Waals surface area contributed by atoms with E-state index in [1.165, 1.54) is 0 Å². The Hall–Kier alpha value is -1.93. The Morgan fingerprint density at radius 1 is 1.39 bits per heavy atom. The summed E-state index contributed by atoms with van der Waals surface area (Å²) in [5.41, 5.74) is -4.05. The number of hydrogen-bond donors (Lipinski definition) is 2. The van der Waals surface area contributed by atoms with Gasteiger partial charge in [0, 0.05) is 0 Å². The molecule has 0 aliphatic rings. The normalized spacial score (nSPS) is 11.9. The molecule has 0 unspecified atom stereocenters. The van der Waals surface area contributed by atoms with Crippen molar-refractivity contribution in [3.8, 4) is 5.75 Å². The van der Waals surface area contributed by atoms with Crippen molar-refractivity contribution < 1.29 is 37.0 Å². The number of aromatic nitrogens is 1. The molecule has 2 N–H and O–H groups in total. The Morgan fingerprint density at radius 3 is 2.33 bits per heavy atom. The Balaban J connectivity index is 3.42. The zero-order valence-corrected chi connectivity index (χ0v) is 8.50. The molecule has 9 heteroatoms. The molecule has 100 valence electrons. The van der Waals surface area contributed by atoms with Crippen LogP contribution in [-0.4, -0.2) is 21.2 Å². The van der Waals surface area contributed by atoms with Gasteiger partial charge in [0.2, 0.25) is 0 Å². The molecule has 0 saturated carbocycles. The van der Waals surface area contributed by atoms with E-state index in [2.05, 4.69) is 4.98 Å². The molecule has 0 atom stereocenters.